The molecule has 1 amide bonds. The van der Waals surface area contributed by atoms with Gasteiger partial charge in [-0.05, 0) is 70.4 Å². The number of aliphatic hydroxyl groups is 1. The number of hydrogen-bond donors (Lipinski definition) is 3. The van der Waals surface area contributed by atoms with E-state index in [-0.39, 0.29) is 17.9 Å². The molecule has 0 radical (unpaired) electrons. The summed E-state index contributed by atoms with van der Waals surface area (Å²) in [5.41, 5.74) is -1.51. The fourth-order valence-electron chi connectivity index (χ4n) is 2.85. The van der Waals surface area contributed by atoms with Gasteiger partial charge in [0.15, 0.2) is 0 Å². The number of ether oxygens (including phenoxy) is 1. The van der Waals surface area contributed by atoms with Crippen molar-refractivity contribution in [3.05, 3.63) is 64.7 Å². The molecule has 11 heteroatoms. The molecule has 0 aliphatic heterocycles. The van der Waals surface area contributed by atoms with Gasteiger partial charge in [0.2, 0.25) is 0 Å². The lowest BCUT2D eigenvalue weighted by atomic mass is 10.0. The van der Waals surface area contributed by atoms with Crippen LogP contribution in [0.2, 0.25) is 0 Å². The van der Waals surface area contributed by atoms with Crippen LogP contribution >= 0.6 is 0 Å². The van der Waals surface area contributed by atoms with E-state index in [2.05, 4.69) is 20.5 Å². The van der Waals surface area contributed by atoms with Gasteiger partial charge in [-0.25, -0.2) is 9.78 Å². The van der Waals surface area contributed by atoms with Crippen LogP contribution < -0.4 is 5.32 Å². The summed E-state index contributed by atoms with van der Waals surface area (Å²) in [7, 11) is 0. The molecular formula is C23H27F3N4O4. The van der Waals surface area contributed by atoms with Crippen LogP contribution in [-0.2, 0) is 17.3 Å². The minimum Gasteiger partial charge on any atom is -0.462 e. The number of nitrogens with one attached hydrogen (secondary N) is 2. The average molecular weight is 480 g/mol. The highest BCUT2D eigenvalue weighted by molar-refractivity contribution is 6.06. The molecular weight excluding hydrogens is 453 g/mol. The quantitative estimate of drug-likeness (QED) is 0.506. The molecule has 2 heterocycles. The topological polar surface area (TPSA) is 117 Å². The number of halogens is 3. The maximum absolute atomic E-state index is 13.0. The summed E-state index contributed by atoms with van der Waals surface area (Å²) in [6.45, 7) is 6.70. The summed E-state index contributed by atoms with van der Waals surface area (Å²) in [4.78, 5) is 28.6. The minimum absolute atomic E-state index is 0.0225. The molecule has 184 valence electrons. The Balaban J connectivity index is 2.53. The molecule has 0 saturated heterocycles. The molecule has 3 N–H and O–H groups in total. The van der Waals surface area contributed by atoms with Crippen LogP contribution in [0.5, 0.6) is 0 Å². The fourth-order valence-corrected chi connectivity index (χ4v) is 2.85. The minimum atomic E-state index is -4.72. The zero-order valence-corrected chi connectivity index (χ0v) is 19.3. The molecule has 0 unspecified atom stereocenters. The molecule has 34 heavy (non-hydrogen) atoms. The normalized spacial score (nSPS) is 11.5. The van der Waals surface area contributed by atoms with Crippen LogP contribution in [0.1, 0.15) is 65.0 Å². The zero-order chi connectivity index (χ0) is 25.5. The summed E-state index contributed by atoms with van der Waals surface area (Å²) in [6, 6.07) is 6.14. The monoisotopic (exact) mass is 480 g/mol. The molecule has 8 nitrogen and oxygen atoms in total. The first kappa shape index (κ1) is 26.8. The van der Waals surface area contributed by atoms with Gasteiger partial charge in [-0.15, -0.1) is 0 Å². The Kier molecular flexibility index (Phi) is 8.74. The van der Waals surface area contributed by atoms with Crippen LogP contribution in [0.25, 0.3) is 0 Å². The van der Waals surface area contributed by atoms with E-state index in [0.717, 1.165) is 24.4 Å². The van der Waals surface area contributed by atoms with Gasteiger partial charge in [-0.3, -0.25) is 9.89 Å². The summed E-state index contributed by atoms with van der Waals surface area (Å²) >= 11 is 0. The van der Waals surface area contributed by atoms with Crippen LogP contribution in [-0.4, -0.2) is 44.4 Å². The fraction of sp³-hybridized carbons (Fsp3) is 0.391. The molecule has 0 aliphatic carbocycles. The summed E-state index contributed by atoms with van der Waals surface area (Å²) < 4.78 is 44.0. The molecule has 2 aromatic rings. The van der Waals surface area contributed by atoms with Gasteiger partial charge < -0.3 is 15.2 Å². The highest BCUT2D eigenvalue weighted by Gasteiger charge is 2.33. The molecule has 2 rings (SSSR count). The number of hydrogen-bond acceptors (Lipinski definition) is 6. The second-order valence-electron chi connectivity index (χ2n) is 8.15. The number of alkyl halides is 3. The number of H-pyrrole nitrogens is 1. The smallest absolute Gasteiger partial charge is 0.433 e. The lowest BCUT2D eigenvalue weighted by Crippen LogP contribution is -2.19. The standard InChI is InChI=1S/C23H27F3N4O4/c1-5-34-21(32)16-13-27-30-15(9-10-22(3,4)33)11-14(2)12-18(16)29-20(31)17-7-6-8-19(28-17)23(24,25)26/h6-8,11-13,30,33H,5,9-10H2,1-4H3,(H,29,31). The van der Waals surface area contributed by atoms with Crippen molar-refractivity contribution in [2.24, 2.45) is 0 Å². The number of aromatic nitrogens is 3. The Bertz CT molecular complexity index is 1090. The molecule has 0 fully saturated rings. The summed E-state index contributed by atoms with van der Waals surface area (Å²) in [5.74, 6) is -1.73. The molecule has 0 saturated carbocycles. The molecule has 0 atom stereocenters. The predicted octanol–water partition coefficient (Wildman–Crippen LogP) is 4.39. The molecule has 0 aromatic carbocycles. The van der Waals surface area contributed by atoms with Crippen molar-refractivity contribution in [1.82, 2.24) is 15.2 Å². The Morgan fingerprint density at radius 1 is 1.21 bits per heavy atom. The van der Waals surface area contributed by atoms with E-state index >= 15 is 0 Å². The van der Waals surface area contributed by atoms with Crippen molar-refractivity contribution >= 4 is 17.6 Å². The second kappa shape index (κ2) is 11.1. The van der Waals surface area contributed by atoms with E-state index in [9.17, 15) is 27.9 Å². The van der Waals surface area contributed by atoms with E-state index in [1.165, 1.54) is 6.07 Å². The van der Waals surface area contributed by atoms with E-state index in [1.807, 2.05) is 0 Å². The van der Waals surface area contributed by atoms with Gasteiger partial charge >= 0.3 is 12.1 Å². The van der Waals surface area contributed by atoms with E-state index in [0.29, 0.717) is 24.1 Å². The van der Waals surface area contributed by atoms with Crippen LogP contribution in [0.15, 0.2) is 36.5 Å². The van der Waals surface area contributed by atoms with Crippen LogP contribution in [0.4, 0.5) is 18.9 Å². The van der Waals surface area contributed by atoms with E-state index < -0.39 is 35.0 Å². The third-order valence-electron chi connectivity index (χ3n) is 4.49. The second-order valence-corrected chi connectivity index (χ2v) is 8.15. The zero-order valence-electron chi connectivity index (χ0n) is 19.3. The summed E-state index contributed by atoms with van der Waals surface area (Å²) in [5, 5.41) is 19.3. The van der Waals surface area contributed by atoms with Gasteiger partial charge in [0.25, 0.3) is 5.91 Å². The first-order chi connectivity index (χ1) is 15.8. The van der Waals surface area contributed by atoms with E-state index in [1.54, 1.807) is 33.8 Å². The van der Waals surface area contributed by atoms with Crippen molar-refractivity contribution in [2.75, 3.05) is 11.9 Å². The van der Waals surface area contributed by atoms with Crippen LogP contribution in [0.3, 0.4) is 0 Å². The number of amides is 1. The van der Waals surface area contributed by atoms with Gasteiger partial charge in [-0.2, -0.15) is 18.3 Å². The Labute approximate surface area is 194 Å². The molecule has 2 aromatic heterocycles. The number of esters is 1. The van der Waals surface area contributed by atoms with Gasteiger partial charge in [-0.1, -0.05) is 6.07 Å². The number of aryl methyl sites for hydroxylation is 2. The lowest BCUT2D eigenvalue weighted by Gasteiger charge is -2.15. The molecule has 0 spiro atoms. The number of aromatic amines is 1. The summed E-state index contributed by atoms with van der Waals surface area (Å²) in [6.07, 6.45) is -2.70. The molecule has 0 bridgehead atoms. The van der Waals surface area contributed by atoms with Crippen molar-refractivity contribution in [3.8, 4) is 0 Å². The highest BCUT2D eigenvalue weighted by atomic mass is 19.4. The number of rotatable bonds is 7. The van der Waals surface area contributed by atoms with Gasteiger partial charge in [0, 0.05) is 5.69 Å². The van der Waals surface area contributed by atoms with Crippen molar-refractivity contribution < 1.29 is 32.6 Å². The molecule has 0 aliphatic rings. The lowest BCUT2D eigenvalue weighted by molar-refractivity contribution is -0.141. The largest absolute Gasteiger partial charge is 0.462 e. The average Bonchev–Trinajstić information content (AvgIpc) is 2.80. The van der Waals surface area contributed by atoms with E-state index in [4.69, 9.17) is 4.74 Å². The first-order valence-corrected chi connectivity index (χ1v) is 10.5. The number of anilines is 1. The highest BCUT2D eigenvalue weighted by Crippen LogP contribution is 2.27. The number of pyridine rings is 1. The van der Waals surface area contributed by atoms with Crippen molar-refractivity contribution in [1.29, 1.82) is 0 Å². The third kappa shape index (κ3) is 8.14. The maximum Gasteiger partial charge on any atom is 0.433 e. The Morgan fingerprint density at radius 3 is 2.53 bits per heavy atom. The van der Waals surface area contributed by atoms with Crippen molar-refractivity contribution in [3.63, 3.8) is 0 Å². The predicted molar refractivity (Wildman–Crippen MR) is 119 cm³/mol. The first-order valence-electron chi connectivity index (χ1n) is 10.5. The number of carbonyl (C=O) groups is 2. The number of nitrogens with zero attached hydrogens (tertiary/aromatic N) is 2. The van der Waals surface area contributed by atoms with Gasteiger partial charge in [0.1, 0.15) is 17.0 Å². The Hall–Kier alpha value is -3.47. The SMILES string of the molecule is CCOC(=O)c1cn[nH]c(CCC(C)(C)O)cc(C)cc1NC(=O)c1cccc(C(F)(F)F)n1. The van der Waals surface area contributed by atoms with Crippen molar-refractivity contribution in [2.45, 2.75) is 52.3 Å². The van der Waals surface area contributed by atoms with Crippen LogP contribution in [0, 0.1) is 6.92 Å². The third-order valence-corrected chi connectivity index (χ3v) is 4.49. The maximum atomic E-state index is 13.0. The number of carbonyl (C=O) groups excluding carboxylic acids is 2. The van der Waals surface area contributed by atoms with Gasteiger partial charge in [0.05, 0.1) is 24.1 Å². The Morgan fingerprint density at radius 2 is 1.91 bits per heavy atom.